The van der Waals surface area contributed by atoms with Crippen molar-refractivity contribution in [2.45, 2.75) is 65.0 Å². The molecule has 1 N–H and O–H groups in total. The van der Waals surface area contributed by atoms with Gasteiger partial charge in [-0.05, 0) is 69.0 Å². The lowest BCUT2D eigenvalue weighted by Gasteiger charge is -2.46. The lowest BCUT2D eigenvalue weighted by atomic mass is 9.68. The summed E-state index contributed by atoms with van der Waals surface area (Å²) in [6.07, 6.45) is 7.05. The first-order valence-electron chi connectivity index (χ1n) is 7.86. The summed E-state index contributed by atoms with van der Waals surface area (Å²) in [5, 5.41) is 4.07. The summed E-state index contributed by atoms with van der Waals surface area (Å²) in [7, 11) is 2.25. The molecule has 3 rings (SSSR count). The molecule has 2 nitrogen and oxygen atoms in total. The summed E-state index contributed by atoms with van der Waals surface area (Å²) in [6.45, 7) is 10.1. The molecule has 1 aliphatic heterocycles. The molecular weight excluding hydrogens is 220 g/mol. The summed E-state index contributed by atoms with van der Waals surface area (Å²) in [5.41, 5.74) is 1.09. The molecule has 0 radical (unpaired) electrons. The molecule has 0 aromatic carbocycles. The van der Waals surface area contributed by atoms with Crippen molar-refractivity contribution in [1.29, 1.82) is 0 Å². The van der Waals surface area contributed by atoms with Gasteiger partial charge in [-0.15, -0.1) is 0 Å². The lowest BCUT2D eigenvalue weighted by Crippen LogP contribution is -2.55. The Morgan fingerprint density at radius 3 is 2.28 bits per heavy atom. The van der Waals surface area contributed by atoms with Crippen LogP contribution >= 0.6 is 0 Å². The Hall–Kier alpha value is -0.0800. The first kappa shape index (κ1) is 12.9. The van der Waals surface area contributed by atoms with E-state index in [4.69, 9.17) is 0 Å². The van der Waals surface area contributed by atoms with Gasteiger partial charge < -0.3 is 10.2 Å². The van der Waals surface area contributed by atoms with Crippen molar-refractivity contribution in [3.05, 3.63) is 0 Å². The third kappa shape index (κ3) is 1.92. The highest BCUT2D eigenvalue weighted by Crippen LogP contribution is 2.62. The second kappa shape index (κ2) is 4.21. The zero-order valence-electron chi connectivity index (χ0n) is 12.6. The Bertz CT molecular complexity index is 312. The maximum atomic E-state index is 4.07. The number of fused-ring (bicyclic) bond motifs is 2. The smallest absolute Gasteiger partial charge is 0.0177 e. The molecule has 1 saturated heterocycles. The van der Waals surface area contributed by atoms with Crippen molar-refractivity contribution in [3.63, 3.8) is 0 Å². The Balaban J connectivity index is 1.68. The van der Waals surface area contributed by atoms with Gasteiger partial charge in [0, 0.05) is 12.1 Å². The highest BCUT2D eigenvalue weighted by atomic mass is 15.1. The summed E-state index contributed by atoms with van der Waals surface area (Å²) < 4.78 is 0. The fraction of sp³-hybridized carbons (Fsp3) is 1.00. The van der Waals surface area contributed by atoms with Gasteiger partial charge in [0.2, 0.25) is 0 Å². The molecule has 3 fully saturated rings. The van der Waals surface area contributed by atoms with Crippen LogP contribution in [0, 0.1) is 16.7 Å². The van der Waals surface area contributed by atoms with Crippen LogP contribution in [0.15, 0.2) is 0 Å². The van der Waals surface area contributed by atoms with E-state index in [1.807, 2.05) is 0 Å². The van der Waals surface area contributed by atoms with Crippen molar-refractivity contribution in [2.75, 3.05) is 20.1 Å². The average Bonchev–Trinajstić information content (AvgIpc) is 2.78. The van der Waals surface area contributed by atoms with Crippen LogP contribution in [-0.4, -0.2) is 37.1 Å². The molecule has 18 heavy (non-hydrogen) atoms. The van der Waals surface area contributed by atoms with Crippen LogP contribution in [0.25, 0.3) is 0 Å². The number of likely N-dealkylation sites (tertiary alicyclic amines) is 1. The highest BCUT2D eigenvalue weighted by Gasteiger charge is 2.59. The average molecular weight is 250 g/mol. The number of hydrogen-bond donors (Lipinski definition) is 1. The molecule has 2 saturated carbocycles. The predicted octanol–water partition coefficient (Wildman–Crippen LogP) is 2.89. The van der Waals surface area contributed by atoms with Gasteiger partial charge >= 0.3 is 0 Å². The maximum absolute atomic E-state index is 4.07. The number of rotatable bonds is 2. The summed E-state index contributed by atoms with van der Waals surface area (Å²) in [5.74, 6) is 0.964. The van der Waals surface area contributed by atoms with E-state index < -0.39 is 0 Å². The van der Waals surface area contributed by atoms with Crippen LogP contribution in [0.2, 0.25) is 0 Å². The molecule has 2 bridgehead atoms. The topological polar surface area (TPSA) is 15.3 Å². The minimum Gasteiger partial charge on any atom is -0.310 e. The Labute approximate surface area is 113 Å². The third-order valence-electron chi connectivity index (χ3n) is 6.39. The maximum Gasteiger partial charge on any atom is 0.0177 e. The van der Waals surface area contributed by atoms with E-state index in [0.717, 1.165) is 18.0 Å². The number of nitrogens with zero attached hydrogens (tertiary/aromatic N) is 1. The van der Waals surface area contributed by atoms with E-state index in [2.05, 4.69) is 38.0 Å². The van der Waals surface area contributed by atoms with Crippen molar-refractivity contribution in [1.82, 2.24) is 10.2 Å². The summed E-state index contributed by atoms with van der Waals surface area (Å²) >= 11 is 0. The van der Waals surface area contributed by atoms with E-state index in [1.54, 1.807) is 0 Å². The first-order valence-corrected chi connectivity index (χ1v) is 7.86. The van der Waals surface area contributed by atoms with E-state index >= 15 is 0 Å². The van der Waals surface area contributed by atoms with Gasteiger partial charge in [0.1, 0.15) is 0 Å². The normalized spacial score (nSPS) is 44.7. The number of nitrogens with one attached hydrogen (secondary N) is 1. The molecule has 0 aromatic rings. The van der Waals surface area contributed by atoms with Gasteiger partial charge in [0.05, 0.1) is 0 Å². The molecule has 0 aromatic heterocycles. The number of piperidine rings is 1. The van der Waals surface area contributed by atoms with Gasteiger partial charge in [0.25, 0.3) is 0 Å². The molecular formula is C16H30N2. The van der Waals surface area contributed by atoms with Crippen LogP contribution in [0.5, 0.6) is 0 Å². The molecule has 3 unspecified atom stereocenters. The highest BCUT2D eigenvalue weighted by molar-refractivity contribution is 5.12. The van der Waals surface area contributed by atoms with Crippen LogP contribution < -0.4 is 5.32 Å². The molecule has 104 valence electrons. The van der Waals surface area contributed by atoms with Gasteiger partial charge in [-0.25, -0.2) is 0 Å². The molecule has 0 spiro atoms. The van der Waals surface area contributed by atoms with Crippen LogP contribution in [0.1, 0.15) is 52.9 Å². The first-order chi connectivity index (χ1) is 8.42. The Morgan fingerprint density at radius 2 is 1.72 bits per heavy atom. The van der Waals surface area contributed by atoms with Crippen molar-refractivity contribution in [3.8, 4) is 0 Å². The van der Waals surface area contributed by atoms with Gasteiger partial charge in [0.15, 0.2) is 0 Å². The lowest BCUT2D eigenvalue weighted by molar-refractivity contribution is 0.0863. The van der Waals surface area contributed by atoms with Crippen LogP contribution in [0.4, 0.5) is 0 Å². The molecule has 1 heterocycles. The van der Waals surface area contributed by atoms with Gasteiger partial charge in [-0.2, -0.15) is 0 Å². The molecule has 3 atom stereocenters. The van der Waals surface area contributed by atoms with E-state index in [9.17, 15) is 0 Å². The van der Waals surface area contributed by atoms with Crippen molar-refractivity contribution >= 4 is 0 Å². The largest absolute Gasteiger partial charge is 0.310 e. The zero-order valence-corrected chi connectivity index (χ0v) is 12.6. The summed E-state index contributed by atoms with van der Waals surface area (Å²) in [4.78, 5) is 2.46. The second-order valence-corrected chi connectivity index (χ2v) is 8.09. The SMILES string of the molecule is CN1CCC(NC2C3(C)CCC(C3)C2(C)C)CC1. The third-order valence-corrected chi connectivity index (χ3v) is 6.39. The molecule has 0 amide bonds. The van der Waals surface area contributed by atoms with Crippen LogP contribution in [-0.2, 0) is 0 Å². The molecule has 2 heteroatoms. The van der Waals surface area contributed by atoms with Gasteiger partial charge in [-0.3, -0.25) is 0 Å². The fourth-order valence-corrected chi connectivity index (χ4v) is 5.13. The molecule has 2 aliphatic carbocycles. The minimum atomic E-state index is 0.510. The van der Waals surface area contributed by atoms with Gasteiger partial charge in [-0.1, -0.05) is 20.8 Å². The summed E-state index contributed by atoms with van der Waals surface area (Å²) in [6, 6.07) is 1.51. The molecule has 3 aliphatic rings. The Kier molecular flexibility index (Phi) is 3.02. The predicted molar refractivity (Wildman–Crippen MR) is 76.7 cm³/mol. The van der Waals surface area contributed by atoms with E-state index in [1.165, 1.54) is 45.2 Å². The number of hydrogen-bond acceptors (Lipinski definition) is 2. The van der Waals surface area contributed by atoms with Crippen LogP contribution in [0.3, 0.4) is 0 Å². The fourth-order valence-electron chi connectivity index (χ4n) is 5.13. The van der Waals surface area contributed by atoms with Crippen molar-refractivity contribution in [2.24, 2.45) is 16.7 Å². The minimum absolute atomic E-state index is 0.510. The Morgan fingerprint density at radius 1 is 1.06 bits per heavy atom. The standard InChI is InChI=1S/C16H30N2/c1-15(2)12-5-8-16(3,11-12)14(15)17-13-6-9-18(4)10-7-13/h12-14,17H,5-11H2,1-4H3. The van der Waals surface area contributed by atoms with E-state index in [0.29, 0.717) is 10.8 Å². The second-order valence-electron chi connectivity index (χ2n) is 8.09. The quantitative estimate of drug-likeness (QED) is 0.811. The van der Waals surface area contributed by atoms with E-state index in [-0.39, 0.29) is 0 Å². The zero-order chi connectivity index (χ0) is 13.0. The monoisotopic (exact) mass is 250 g/mol. The van der Waals surface area contributed by atoms with Crippen molar-refractivity contribution < 1.29 is 0 Å².